The third-order valence-corrected chi connectivity index (χ3v) is 2.69. The van der Waals surface area contributed by atoms with Crippen LogP contribution in [-0.4, -0.2) is 23.6 Å². The van der Waals surface area contributed by atoms with Crippen LogP contribution in [0.15, 0.2) is 24.4 Å². The fraction of sp³-hybridized carbons (Fsp3) is 0.600. The Morgan fingerprint density at radius 1 is 1.36 bits per heavy atom. The summed E-state index contributed by atoms with van der Waals surface area (Å²) in [6, 6.07) is 0.696. The van der Waals surface area contributed by atoms with E-state index in [1.54, 1.807) is 0 Å². The molecule has 0 aromatic carbocycles. The Morgan fingerprint density at radius 2 is 2.09 bits per heavy atom. The van der Waals surface area contributed by atoms with Gasteiger partial charge in [-0.05, 0) is 32.9 Å². The van der Waals surface area contributed by atoms with Crippen LogP contribution in [0.25, 0.3) is 0 Å². The van der Waals surface area contributed by atoms with Crippen LogP contribution in [-0.2, 0) is 0 Å². The fourth-order valence-corrected chi connectivity index (χ4v) is 1.60. The van der Waals surface area contributed by atoms with Gasteiger partial charge in [-0.2, -0.15) is 0 Å². The van der Waals surface area contributed by atoms with Gasteiger partial charge >= 0.3 is 0 Å². The van der Waals surface area contributed by atoms with Gasteiger partial charge in [0.1, 0.15) is 6.54 Å². The highest BCUT2D eigenvalue weighted by atomic mass is 15.4. The molecule has 1 rings (SSSR count). The maximum atomic E-state index is 2.31. The predicted octanol–water partition coefficient (Wildman–Crippen LogP) is 2.32. The number of hydrogen-bond donors (Lipinski definition) is 0. The van der Waals surface area contributed by atoms with E-state index >= 15 is 0 Å². The minimum absolute atomic E-state index is 0.696. The highest BCUT2D eigenvalue weighted by Gasteiger charge is 2.25. The molecule has 0 saturated carbocycles. The number of nitrogens with zero attached hydrogens (tertiary/aromatic N) is 1. The quantitative estimate of drug-likeness (QED) is 0.533. The third-order valence-electron chi connectivity index (χ3n) is 2.69. The normalized spacial score (nSPS) is 29.8. The molecule has 0 radical (unpaired) electrons. The summed E-state index contributed by atoms with van der Waals surface area (Å²) in [7, 11) is 0. The Labute approximate surface area is 69.6 Å². The van der Waals surface area contributed by atoms with Gasteiger partial charge in [0.25, 0.3) is 0 Å². The molecule has 0 N–H and O–H groups in total. The molecule has 62 valence electrons. The van der Waals surface area contributed by atoms with Crippen LogP contribution in [0.2, 0.25) is 0 Å². The molecule has 0 fully saturated rings. The molecule has 0 spiro atoms. The summed E-state index contributed by atoms with van der Waals surface area (Å²) < 4.78 is 1.11. The smallest absolute Gasteiger partial charge is 0.102 e. The van der Waals surface area contributed by atoms with Crippen molar-refractivity contribution >= 4 is 0 Å². The number of likely N-dealkylation sites (N-methyl/N-ethyl adjacent to an activating group) is 1. The van der Waals surface area contributed by atoms with Crippen molar-refractivity contribution in [1.82, 2.24) is 0 Å². The molecule has 0 bridgehead atoms. The Morgan fingerprint density at radius 3 is 2.36 bits per heavy atom. The summed E-state index contributed by atoms with van der Waals surface area (Å²) in [5.41, 5.74) is 0. The summed E-state index contributed by atoms with van der Waals surface area (Å²) in [6.07, 6.45) is 8.86. The Hall–Kier alpha value is -0.560. The molecular weight excluding hydrogens is 134 g/mol. The minimum atomic E-state index is 0.696. The second-order valence-corrected chi connectivity index (χ2v) is 3.47. The van der Waals surface area contributed by atoms with Gasteiger partial charge in [0.2, 0.25) is 0 Å². The Balaban J connectivity index is 2.77. The highest BCUT2D eigenvalue weighted by molar-refractivity contribution is 5.04. The van der Waals surface area contributed by atoms with Crippen molar-refractivity contribution in [2.75, 3.05) is 13.1 Å². The van der Waals surface area contributed by atoms with E-state index in [9.17, 15) is 0 Å². The highest BCUT2D eigenvalue weighted by Crippen LogP contribution is 2.17. The van der Waals surface area contributed by atoms with Gasteiger partial charge in [-0.1, -0.05) is 6.08 Å². The monoisotopic (exact) mass is 152 g/mol. The molecule has 1 aliphatic rings. The van der Waals surface area contributed by atoms with E-state index in [1.807, 2.05) is 0 Å². The van der Waals surface area contributed by atoms with Crippen molar-refractivity contribution in [2.24, 2.45) is 0 Å². The minimum Gasteiger partial charge on any atom is -0.292 e. The molecule has 1 nitrogen and oxygen atoms in total. The summed E-state index contributed by atoms with van der Waals surface area (Å²) >= 11 is 0. The molecule has 0 aromatic rings. The largest absolute Gasteiger partial charge is 0.292 e. The summed E-state index contributed by atoms with van der Waals surface area (Å²) in [5, 5.41) is 0. The standard InChI is InChI=1S/C10H18N/c1-4-11(10(2)3)8-6-5-7-9-11/h5-8,10H,4,9H2,1-3H3/q+1. The van der Waals surface area contributed by atoms with Gasteiger partial charge in [0.15, 0.2) is 0 Å². The lowest BCUT2D eigenvalue weighted by Gasteiger charge is -2.38. The molecule has 1 atom stereocenters. The van der Waals surface area contributed by atoms with Crippen molar-refractivity contribution in [2.45, 2.75) is 26.8 Å². The van der Waals surface area contributed by atoms with Crippen LogP contribution in [0.4, 0.5) is 0 Å². The van der Waals surface area contributed by atoms with E-state index in [4.69, 9.17) is 0 Å². The second kappa shape index (κ2) is 3.22. The number of allylic oxidation sites excluding steroid dienone is 2. The zero-order valence-corrected chi connectivity index (χ0v) is 7.75. The predicted molar refractivity (Wildman–Crippen MR) is 49.1 cm³/mol. The summed E-state index contributed by atoms with van der Waals surface area (Å²) in [6.45, 7) is 9.17. The molecule has 1 heterocycles. The zero-order chi connectivity index (χ0) is 8.32. The van der Waals surface area contributed by atoms with Crippen LogP contribution in [0, 0.1) is 0 Å². The first-order chi connectivity index (χ1) is 5.21. The molecule has 0 aromatic heterocycles. The molecular formula is C10H18N+. The molecule has 1 aliphatic heterocycles. The van der Waals surface area contributed by atoms with E-state index in [-0.39, 0.29) is 0 Å². The van der Waals surface area contributed by atoms with Gasteiger partial charge in [0.05, 0.1) is 18.8 Å². The number of rotatable bonds is 2. The van der Waals surface area contributed by atoms with E-state index in [1.165, 1.54) is 6.54 Å². The van der Waals surface area contributed by atoms with Crippen molar-refractivity contribution in [3.63, 3.8) is 0 Å². The van der Waals surface area contributed by atoms with Crippen LogP contribution < -0.4 is 0 Å². The van der Waals surface area contributed by atoms with Crippen LogP contribution in [0.1, 0.15) is 20.8 Å². The first-order valence-electron chi connectivity index (χ1n) is 4.42. The summed E-state index contributed by atoms with van der Waals surface area (Å²) in [5.74, 6) is 0. The average molecular weight is 152 g/mol. The van der Waals surface area contributed by atoms with Crippen molar-refractivity contribution in [1.29, 1.82) is 0 Å². The zero-order valence-electron chi connectivity index (χ0n) is 7.75. The van der Waals surface area contributed by atoms with E-state index in [0.717, 1.165) is 11.0 Å². The topological polar surface area (TPSA) is 0 Å². The SMILES string of the molecule is CC[N+]1(C(C)C)C=CC=CC1. The van der Waals surface area contributed by atoms with E-state index in [0.29, 0.717) is 6.04 Å². The second-order valence-electron chi connectivity index (χ2n) is 3.47. The van der Waals surface area contributed by atoms with Gasteiger partial charge < -0.3 is 0 Å². The fourth-order valence-electron chi connectivity index (χ4n) is 1.60. The Bertz CT molecular complexity index is 179. The third kappa shape index (κ3) is 1.54. The van der Waals surface area contributed by atoms with Gasteiger partial charge in [-0.25, -0.2) is 0 Å². The average Bonchev–Trinajstić information content (AvgIpc) is 2.05. The lowest BCUT2D eigenvalue weighted by Crippen LogP contribution is -2.49. The summed E-state index contributed by atoms with van der Waals surface area (Å²) in [4.78, 5) is 0. The number of quaternary nitrogens is 1. The maximum absolute atomic E-state index is 2.31. The first-order valence-corrected chi connectivity index (χ1v) is 4.42. The van der Waals surface area contributed by atoms with Gasteiger partial charge in [0, 0.05) is 0 Å². The van der Waals surface area contributed by atoms with Gasteiger partial charge in [-0.3, -0.25) is 4.48 Å². The molecule has 0 amide bonds. The Kier molecular flexibility index (Phi) is 2.50. The molecule has 11 heavy (non-hydrogen) atoms. The molecule has 1 heteroatoms. The molecule has 1 unspecified atom stereocenters. The lowest BCUT2D eigenvalue weighted by molar-refractivity contribution is -0.893. The van der Waals surface area contributed by atoms with Crippen LogP contribution in [0.5, 0.6) is 0 Å². The van der Waals surface area contributed by atoms with Crippen LogP contribution in [0.3, 0.4) is 0 Å². The molecule has 0 saturated heterocycles. The molecule has 0 aliphatic carbocycles. The number of hydrogen-bond acceptors (Lipinski definition) is 0. The van der Waals surface area contributed by atoms with Crippen molar-refractivity contribution in [3.8, 4) is 0 Å². The van der Waals surface area contributed by atoms with Crippen LogP contribution >= 0.6 is 0 Å². The van der Waals surface area contributed by atoms with E-state index in [2.05, 4.69) is 45.2 Å². The first kappa shape index (κ1) is 8.54. The van der Waals surface area contributed by atoms with Gasteiger partial charge in [-0.15, -0.1) is 0 Å². The lowest BCUT2D eigenvalue weighted by atomic mass is 10.2. The van der Waals surface area contributed by atoms with Crippen molar-refractivity contribution < 1.29 is 4.48 Å². The van der Waals surface area contributed by atoms with E-state index < -0.39 is 0 Å². The van der Waals surface area contributed by atoms with Crippen molar-refractivity contribution in [3.05, 3.63) is 24.4 Å². The maximum Gasteiger partial charge on any atom is 0.102 e.